The number of hydrogen-bond donors (Lipinski definition) is 2. The van der Waals surface area contributed by atoms with E-state index in [1.807, 2.05) is 48.5 Å². The van der Waals surface area contributed by atoms with Crippen LogP contribution in [0.4, 0.5) is 11.4 Å². The van der Waals surface area contributed by atoms with Gasteiger partial charge in [0.2, 0.25) is 0 Å². The third-order valence-corrected chi connectivity index (χ3v) is 5.47. The third-order valence-electron chi connectivity index (χ3n) is 5.47. The summed E-state index contributed by atoms with van der Waals surface area (Å²) in [6, 6.07) is 22.4. The Kier molecular flexibility index (Phi) is 8.68. The first-order valence-electron chi connectivity index (χ1n) is 11.6. The minimum absolute atomic E-state index is 0.318. The van der Waals surface area contributed by atoms with E-state index in [0.29, 0.717) is 22.9 Å². The SMILES string of the molecule is CCc1ccc(OC(C)C(=O)Nc2ccccc2NC(=O)C(C)Oc2ccc(CC)cc2)cc1. The molecule has 0 radical (unpaired) electrons. The molecule has 0 fully saturated rings. The highest BCUT2D eigenvalue weighted by molar-refractivity contribution is 6.02. The first-order chi connectivity index (χ1) is 16.4. The van der Waals surface area contributed by atoms with E-state index in [1.165, 1.54) is 11.1 Å². The van der Waals surface area contributed by atoms with Gasteiger partial charge >= 0.3 is 0 Å². The molecule has 0 aliphatic heterocycles. The monoisotopic (exact) mass is 460 g/mol. The van der Waals surface area contributed by atoms with Crippen molar-refractivity contribution in [3.63, 3.8) is 0 Å². The van der Waals surface area contributed by atoms with Gasteiger partial charge in [-0.3, -0.25) is 9.59 Å². The summed E-state index contributed by atoms with van der Waals surface area (Å²) in [5.74, 6) is 0.613. The van der Waals surface area contributed by atoms with Gasteiger partial charge in [-0.25, -0.2) is 0 Å². The molecule has 2 atom stereocenters. The van der Waals surface area contributed by atoms with Crippen molar-refractivity contribution < 1.29 is 19.1 Å². The van der Waals surface area contributed by atoms with Crippen molar-refractivity contribution in [1.82, 2.24) is 0 Å². The molecule has 3 rings (SSSR count). The summed E-state index contributed by atoms with van der Waals surface area (Å²) in [4.78, 5) is 25.5. The van der Waals surface area contributed by atoms with E-state index < -0.39 is 12.2 Å². The summed E-state index contributed by atoms with van der Waals surface area (Å²) in [6.07, 6.45) is 0.440. The Morgan fingerprint density at radius 2 is 1.00 bits per heavy atom. The van der Waals surface area contributed by atoms with Gasteiger partial charge in [-0.15, -0.1) is 0 Å². The number of carbonyl (C=O) groups is 2. The van der Waals surface area contributed by atoms with Crippen LogP contribution in [0.3, 0.4) is 0 Å². The molecule has 2 unspecified atom stereocenters. The molecule has 0 aliphatic carbocycles. The van der Waals surface area contributed by atoms with E-state index in [4.69, 9.17) is 9.47 Å². The van der Waals surface area contributed by atoms with Gasteiger partial charge in [0.25, 0.3) is 11.8 Å². The molecule has 34 heavy (non-hydrogen) atoms. The van der Waals surface area contributed by atoms with Crippen molar-refractivity contribution in [3.05, 3.63) is 83.9 Å². The lowest BCUT2D eigenvalue weighted by molar-refractivity contribution is -0.122. The highest BCUT2D eigenvalue weighted by Gasteiger charge is 2.19. The van der Waals surface area contributed by atoms with Crippen LogP contribution in [0.5, 0.6) is 11.5 Å². The fourth-order valence-electron chi connectivity index (χ4n) is 3.29. The number of anilines is 2. The van der Waals surface area contributed by atoms with Crippen LogP contribution in [0.2, 0.25) is 0 Å². The van der Waals surface area contributed by atoms with Crippen molar-refractivity contribution >= 4 is 23.2 Å². The predicted molar refractivity (Wildman–Crippen MR) is 136 cm³/mol. The first-order valence-corrected chi connectivity index (χ1v) is 11.6. The minimum atomic E-state index is -0.718. The number of rotatable bonds is 10. The Hall–Kier alpha value is -3.80. The molecule has 6 heteroatoms. The molecule has 0 spiro atoms. The number of benzene rings is 3. The van der Waals surface area contributed by atoms with Gasteiger partial charge in [0.05, 0.1) is 11.4 Å². The summed E-state index contributed by atoms with van der Waals surface area (Å²) in [5, 5.41) is 5.68. The van der Waals surface area contributed by atoms with E-state index in [2.05, 4.69) is 24.5 Å². The number of hydrogen-bond acceptors (Lipinski definition) is 4. The second-order valence-corrected chi connectivity index (χ2v) is 8.04. The number of nitrogens with one attached hydrogen (secondary N) is 2. The third kappa shape index (κ3) is 6.85. The molecule has 0 aliphatic rings. The zero-order valence-electron chi connectivity index (χ0n) is 20.1. The van der Waals surface area contributed by atoms with E-state index >= 15 is 0 Å². The van der Waals surface area contributed by atoms with E-state index in [1.54, 1.807) is 38.1 Å². The average Bonchev–Trinajstić information content (AvgIpc) is 2.86. The van der Waals surface area contributed by atoms with Gasteiger partial charge in [-0.05, 0) is 74.2 Å². The zero-order valence-corrected chi connectivity index (χ0v) is 20.1. The smallest absolute Gasteiger partial charge is 0.265 e. The van der Waals surface area contributed by atoms with Gasteiger partial charge in [0.1, 0.15) is 11.5 Å². The Morgan fingerprint density at radius 1 is 0.647 bits per heavy atom. The molecule has 0 saturated heterocycles. The van der Waals surface area contributed by atoms with Crippen LogP contribution in [0.25, 0.3) is 0 Å². The molecule has 6 nitrogen and oxygen atoms in total. The molecule has 178 valence electrons. The molecule has 2 amide bonds. The van der Waals surface area contributed by atoms with Crippen LogP contribution in [-0.4, -0.2) is 24.0 Å². The summed E-state index contributed by atoms with van der Waals surface area (Å²) >= 11 is 0. The summed E-state index contributed by atoms with van der Waals surface area (Å²) in [5.41, 5.74) is 3.37. The predicted octanol–water partition coefficient (Wildman–Crippen LogP) is 5.62. The molecular formula is C28H32N2O4. The quantitative estimate of drug-likeness (QED) is 0.411. The topological polar surface area (TPSA) is 76.7 Å². The van der Waals surface area contributed by atoms with Crippen molar-refractivity contribution in [2.45, 2.75) is 52.7 Å². The molecule has 3 aromatic carbocycles. The van der Waals surface area contributed by atoms with Crippen LogP contribution >= 0.6 is 0 Å². The molecule has 2 N–H and O–H groups in total. The largest absolute Gasteiger partial charge is 0.481 e. The van der Waals surface area contributed by atoms with Gasteiger partial charge in [-0.1, -0.05) is 50.2 Å². The minimum Gasteiger partial charge on any atom is -0.481 e. The van der Waals surface area contributed by atoms with Crippen LogP contribution in [-0.2, 0) is 22.4 Å². The lowest BCUT2D eigenvalue weighted by Crippen LogP contribution is -2.32. The summed E-state index contributed by atoms with van der Waals surface area (Å²) in [6.45, 7) is 7.53. The van der Waals surface area contributed by atoms with Crippen LogP contribution in [0.15, 0.2) is 72.8 Å². The van der Waals surface area contributed by atoms with Gasteiger partial charge in [0.15, 0.2) is 12.2 Å². The lowest BCUT2D eigenvalue weighted by Gasteiger charge is -2.19. The lowest BCUT2D eigenvalue weighted by atomic mass is 10.2. The molecule has 0 saturated carbocycles. The maximum absolute atomic E-state index is 12.7. The van der Waals surface area contributed by atoms with Crippen LogP contribution < -0.4 is 20.1 Å². The average molecular weight is 461 g/mol. The Bertz CT molecular complexity index is 1010. The zero-order chi connectivity index (χ0) is 24.5. The van der Waals surface area contributed by atoms with Crippen molar-refractivity contribution in [3.8, 4) is 11.5 Å². The second-order valence-electron chi connectivity index (χ2n) is 8.04. The number of aryl methyl sites for hydroxylation is 2. The maximum Gasteiger partial charge on any atom is 0.265 e. The molecular weight excluding hydrogens is 428 g/mol. The van der Waals surface area contributed by atoms with Crippen molar-refractivity contribution in [2.75, 3.05) is 10.6 Å². The maximum atomic E-state index is 12.7. The highest BCUT2D eigenvalue weighted by atomic mass is 16.5. The summed E-state index contributed by atoms with van der Waals surface area (Å²) in [7, 11) is 0. The van der Waals surface area contributed by atoms with Gasteiger partial charge < -0.3 is 20.1 Å². The molecule has 3 aromatic rings. The van der Waals surface area contributed by atoms with Gasteiger partial charge in [-0.2, -0.15) is 0 Å². The normalized spacial score (nSPS) is 12.4. The van der Waals surface area contributed by atoms with Gasteiger partial charge in [0, 0.05) is 0 Å². The standard InChI is InChI=1S/C28H32N2O4/c1-5-21-11-15-23(16-12-21)33-19(3)27(31)29-25-9-7-8-10-26(25)30-28(32)20(4)34-24-17-13-22(6-2)14-18-24/h7-20H,5-6H2,1-4H3,(H,29,31)(H,30,32). The Labute approximate surface area is 201 Å². The van der Waals surface area contributed by atoms with Crippen LogP contribution in [0, 0.1) is 0 Å². The van der Waals surface area contributed by atoms with Crippen molar-refractivity contribution in [2.24, 2.45) is 0 Å². The number of carbonyl (C=O) groups excluding carboxylic acids is 2. The van der Waals surface area contributed by atoms with E-state index in [9.17, 15) is 9.59 Å². The highest BCUT2D eigenvalue weighted by Crippen LogP contribution is 2.23. The number of para-hydroxylation sites is 2. The molecule has 0 heterocycles. The van der Waals surface area contributed by atoms with Crippen molar-refractivity contribution in [1.29, 1.82) is 0 Å². The summed E-state index contributed by atoms with van der Waals surface area (Å²) < 4.78 is 11.5. The molecule has 0 bridgehead atoms. The first kappa shape index (κ1) is 24.8. The fraction of sp³-hybridized carbons (Fsp3) is 0.286. The van der Waals surface area contributed by atoms with Crippen LogP contribution in [0.1, 0.15) is 38.8 Å². The fourth-order valence-corrected chi connectivity index (χ4v) is 3.29. The molecule has 0 aromatic heterocycles. The number of amides is 2. The second kappa shape index (κ2) is 11.9. The Morgan fingerprint density at radius 3 is 1.32 bits per heavy atom. The Balaban J connectivity index is 1.60. The number of ether oxygens (including phenoxy) is 2. The van der Waals surface area contributed by atoms with E-state index in [0.717, 1.165) is 12.8 Å². The van der Waals surface area contributed by atoms with E-state index in [-0.39, 0.29) is 11.8 Å².